The molecule has 1 amide bonds. The predicted molar refractivity (Wildman–Crippen MR) is 66.4 cm³/mol. The third-order valence-corrected chi connectivity index (χ3v) is 4.08. The van der Waals surface area contributed by atoms with E-state index in [0.29, 0.717) is 18.3 Å². The van der Waals surface area contributed by atoms with E-state index in [-0.39, 0.29) is 5.91 Å². The van der Waals surface area contributed by atoms with Gasteiger partial charge in [0.1, 0.15) is 0 Å². The van der Waals surface area contributed by atoms with Crippen LogP contribution in [0.3, 0.4) is 0 Å². The van der Waals surface area contributed by atoms with Gasteiger partial charge in [-0.05, 0) is 25.2 Å². The second-order valence-corrected chi connectivity index (χ2v) is 5.38. The molecule has 0 aromatic carbocycles. The monoisotopic (exact) mass is 265 g/mol. The van der Waals surface area contributed by atoms with Crippen LogP contribution in [0.4, 0.5) is 0 Å². The molecule has 0 unspecified atom stereocenters. The van der Waals surface area contributed by atoms with Crippen LogP contribution in [0.5, 0.6) is 0 Å². The molecule has 0 N–H and O–H groups in total. The number of nitrogens with zero attached hydrogens (tertiary/aromatic N) is 3. The molecular formula is C13H19N3O3. The van der Waals surface area contributed by atoms with Crippen LogP contribution >= 0.6 is 0 Å². The van der Waals surface area contributed by atoms with Crippen LogP contribution in [0, 0.1) is 5.92 Å². The summed E-state index contributed by atoms with van der Waals surface area (Å²) in [7, 11) is 0. The summed E-state index contributed by atoms with van der Waals surface area (Å²) in [5.74, 6) is 1.79. The molecule has 1 aromatic heterocycles. The number of ether oxygens (including phenoxy) is 1. The Labute approximate surface area is 112 Å². The minimum absolute atomic E-state index is 0.266. The number of carbonyl (C=O) groups excluding carboxylic acids is 1. The fraction of sp³-hybridized carbons (Fsp3) is 0.769. The Bertz CT molecular complexity index is 407. The van der Waals surface area contributed by atoms with Crippen molar-refractivity contribution in [2.45, 2.75) is 31.6 Å². The number of aromatic nitrogens is 2. The highest BCUT2D eigenvalue weighted by atomic mass is 16.5. The molecule has 1 atom stereocenters. The summed E-state index contributed by atoms with van der Waals surface area (Å²) in [4.78, 5) is 18.2. The van der Waals surface area contributed by atoms with Gasteiger partial charge in [-0.1, -0.05) is 5.16 Å². The minimum Gasteiger partial charge on any atom is -0.381 e. The van der Waals surface area contributed by atoms with E-state index in [1.54, 1.807) is 0 Å². The van der Waals surface area contributed by atoms with Crippen molar-refractivity contribution >= 4 is 5.91 Å². The van der Waals surface area contributed by atoms with Gasteiger partial charge in [0, 0.05) is 38.6 Å². The van der Waals surface area contributed by atoms with Gasteiger partial charge in [-0.25, -0.2) is 0 Å². The zero-order valence-corrected chi connectivity index (χ0v) is 11.0. The van der Waals surface area contributed by atoms with Crippen LogP contribution in [0.25, 0.3) is 0 Å². The summed E-state index contributed by atoms with van der Waals surface area (Å²) in [6.45, 7) is 3.14. The predicted octanol–water partition coefficient (Wildman–Crippen LogP) is 1.20. The smallest absolute Gasteiger partial charge is 0.222 e. The minimum atomic E-state index is 0.266. The number of likely N-dealkylation sites (tertiary alicyclic amines) is 1. The molecule has 0 saturated carbocycles. The molecular weight excluding hydrogens is 246 g/mol. The average molecular weight is 265 g/mol. The topological polar surface area (TPSA) is 68.5 Å². The fourth-order valence-corrected chi connectivity index (χ4v) is 2.87. The Morgan fingerprint density at radius 2 is 2.21 bits per heavy atom. The van der Waals surface area contributed by atoms with E-state index in [2.05, 4.69) is 10.1 Å². The van der Waals surface area contributed by atoms with Crippen molar-refractivity contribution in [2.24, 2.45) is 5.92 Å². The summed E-state index contributed by atoms with van der Waals surface area (Å²) >= 11 is 0. The van der Waals surface area contributed by atoms with E-state index in [0.717, 1.165) is 51.4 Å². The normalized spacial score (nSPS) is 24.8. The lowest BCUT2D eigenvalue weighted by atomic mass is 9.95. The molecule has 3 heterocycles. The van der Waals surface area contributed by atoms with Crippen LogP contribution in [0.15, 0.2) is 10.9 Å². The SMILES string of the molecule is O=C(C[C@H]1CCOC1)N1CCC(c2ncon2)CC1. The first kappa shape index (κ1) is 12.6. The van der Waals surface area contributed by atoms with Crippen LogP contribution in [-0.4, -0.2) is 47.3 Å². The number of carbonyl (C=O) groups is 1. The van der Waals surface area contributed by atoms with Gasteiger partial charge in [0.25, 0.3) is 0 Å². The lowest BCUT2D eigenvalue weighted by molar-refractivity contribution is -0.133. The van der Waals surface area contributed by atoms with Gasteiger partial charge in [0.05, 0.1) is 0 Å². The fourth-order valence-electron chi connectivity index (χ4n) is 2.87. The van der Waals surface area contributed by atoms with E-state index >= 15 is 0 Å². The van der Waals surface area contributed by atoms with Crippen molar-refractivity contribution in [2.75, 3.05) is 26.3 Å². The first-order chi connectivity index (χ1) is 9.33. The molecule has 2 saturated heterocycles. The molecule has 6 nitrogen and oxygen atoms in total. The molecule has 0 radical (unpaired) electrons. The van der Waals surface area contributed by atoms with Crippen molar-refractivity contribution in [3.63, 3.8) is 0 Å². The van der Waals surface area contributed by atoms with Crippen molar-refractivity contribution < 1.29 is 14.1 Å². The quantitative estimate of drug-likeness (QED) is 0.821. The third kappa shape index (κ3) is 2.94. The molecule has 1 aromatic rings. The van der Waals surface area contributed by atoms with Crippen LogP contribution in [0.1, 0.15) is 37.4 Å². The van der Waals surface area contributed by atoms with Crippen molar-refractivity contribution in [1.29, 1.82) is 0 Å². The van der Waals surface area contributed by atoms with Gasteiger partial charge in [0.2, 0.25) is 12.3 Å². The zero-order valence-electron chi connectivity index (χ0n) is 11.0. The molecule has 0 spiro atoms. The summed E-state index contributed by atoms with van der Waals surface area (Å²) in [6, 6.07) is 0. The zero-order chi connectivity index (χ0) is 13.1. The van der Waals surface area contributed by atoms with Gasteiger partial charge in [-0.3, -0.25) is 4.79 Å². The van der Waals surface area contributed by atoms with E-state index in [1.807, 2.05) is 4.90 Å². The molecule has 19 heavy (non-hydrogen) atoms. The number of rotatable bonds is 3. The highest BCUT2D eigenvalue weighted by Crippen LogP contribution is 2.26. The third-order valence-electron chi connectivity index (χ3n) is 4.08. The maximum Gasteiger partial charge on any atom is 0.222 e. The number of amides is 1. The molecule has 2 aliphatic heterocycles. The molecule has 2 aliphatic rings. The van der Waals surface area contributed by atoms with Gasteiger partial charge in [0.15, 0.2) is 5.82 Å². The van der Waals surface area contributed by atoms with E-state index in [9.17, 15) is 4.79 Å². The Morgan fingerprint density at radius 1 is 1.37 bits per heavy atom. The lowest BCUT2D eigenvalue weighted by Crippen LogP contribution is -2.38. The maximum absolute atomic E-state index is 12.2. The maximum atomic E-state index is 12.2. The largest absolute Gasteiger partial charge is 0.381 e. The Balaban J connectivity index is 1.48. The number of piperidine rings is 1. The molecule has 104 valence electrons. The van der Waals surface area contributed by atoms with E-state index < -0.39 is 0 Å². The van der Waals surface area contributed by atoms with Gasteiger partial charge < -0.3 is 14.2 Å². The first-order valence-corrected chi connectivity index (χ1v) is 6.94. The van der Waals surface area contributed by atoms with Crippen LogP contribution in [-0.2, 0) is 9.53 Å². The highest BCUT2D eigenvalue weighted by Gasteiger charge is 2.28. The van der Waals surface area contributed by atoms with Crippen LogP contribution in [0.2, 0.25) is 0 Å². The van der Waals surface area contributed by atoms with Gasteiger partial charge >= 0.3 is 0 Å². The van der Waals surface area contributed by atoms with Crippen molar-refractivity contribution in [3.8, 4) is 0 Å². The molecule has 0 bridgehead atoms. The lowest BCUT2D eigenvalue weighted by Gasteiger charge is -2.31. The van der Waals surface area contributed by atoms with E-state index in [1.165, 1.54) is 6.39 Å². The molecule has 6 heteroatoms. The Hall–Kier alpha value is -1.43. The number of hydrogen-bond donors (Lipinski definition) is 0. The Morgan fingerprint density at radius 3 is 2.84 bits per heavy atom. The summed E-state index contributed by atoms with van der Waals surface area (Å²) in [5, 5.41) is 3.89. The average Bonchev–Trinajstić information content (AvgIpc) is 3.12. The van der Waals surface area contributed by atoms with Crippen molar-refractivity contribution in [1.82, 2.24) is 15.0 Å². The highest BCUT2D eigenvalue weighted by molar-refractivity contribution is 5.76. The van der Waals surface area contributed by atoms with Crippen molar-refractivity contribution in [3.05, 3.63) is 12.2 Å². The van der Waals surface area contributed by atoms with Gasteiger partial charge in [-0.15, -0.1) is 0 Å². The van der Waals surface area contributed by atoms with Gasteiger partial charge in [-0.2, -0.15) is 4.98 Å². The Kier molecular flexibility index (Phi) is 3.77. The molecule has 2 fully saturated rings. The number of hydrogen-bond acceptors (Lipinski definition) is 5. The summed E-state index contributed by atoms with van der Waals surface area (Å²) < 4.78 is 10.1. The summed E-state index contributed by atoms with van der Waals surface area (Å²) in [6.07, 6.45) is 4.86. The standard InChI is InChI=1S/C13H19N3O3/c17-12(7-10-3-6-18-8-10)16-4-1-11(2-5-16)13-14-9-19-15-13/h9-11H,1-8H2/t10-/m1/s1. The first-order valence-electron chi connectivity index (χ1n) is 6.94. The summed E-state index contributed by atoms with van der Waals surface area (Å²) in [5.41, 5.74) is 0. The second-order valence-electron chi connectivity index (χ2n) is 5.38. The molecule has 0 aliphatic carbocycles. The molecule has 3 rings (SSSR count). The second kappa shape index (κ2) is 5.69. The van der Waals surface area contributed by atoms with E-state index in [4.69, 9.17) is 9.26 Å². The van der Waals surface area contributed by atoms with Crippen LogP contribution < -0.4 is 0 Å².